The highest BCUT2D eigenvalue weighted by Crippen LogP contribution is 2.41. The Morgan fingerprint density at radius 3 is 2.56 bits per heavy atom. The number of aromatic nitrogens is 1. The van der Waals surface area contributed by atoms with Crippen LogP contribution in [-0.2, 0) is 12.2 Å². The van der Waals surface area contributed by atoms with Crippen LogP contribution in [0.4, 0.5) is 0 Å². The molecule has 0 spiro atoms. The van der Waals surface area contributed by atoms with E-state index >= 15 is 0 Å². The third-order valence-electron chi connectivity index (χ3n) is 6.87. The van der Waals surface area contributed by atoms with Crippen molar-refractivity contribution in [1.82, 2.24) is 4.98 Å². The second-order valence-electron chi connectivity index (χ2n) is 9.92. The number of hydrogen-bond donors (Lipinski definition) is 1. The molecule has 5 nitrogen and oxygen atoms in total. The first-order valence-corrected chi connectivity index (χ1v) is 13.4. The van der Waals surface area contributed by atoms with Gasteiger partial charge in [0, 0.05) is 17.8 Å². The Bertz CT molecular complexity index is 1610. The van der Waals surface area contributed by atoms with Gasteiger partial charge in [0.1, 0.15) is 29.7 Å². The predicted octanol–water partition coefficient (Wildman–Crippen LogP) is 7.87. The van der Waals surface area contributed by atoms with E-state index in [4.69, 9.17) is 4.74 Å². The predicted molar refractivity (Wildman–Crippen MR) is 159 cm³/mol. The molecular weight excluding hydrogens is 482 g/mol. The van der Waals surface area contributed by atoms with Crippen LogP contribution in [0.25, 0.3) is 22.0 Å². The lowest BCUT2D eigenvalue weighted by Crippen LogP contribution is -2.29. The van der Waals surface area contributed by atoms with Crippen LogP contribution in [0, 0.1) is 24.2 Å². The number of nitrogens with zero attached hydrogens (tertiary/aromatic N) is 3. The number of pyridine rings is 1. The van der Waals surface area contributed by atoms with Crippen LogP contribution < -0.4 is 4.74 Å². The number of aliphatic imine (C=N–C) groups is 1. The molecule has 3 aromatic carbocycles. The van der Waals surface area contributed by atoms with Crippen molar-refractivity contribution in [1.29, 1.82) is 5.26 Å². The highest BCUT2D eigenvalue weighted by Gasteiger charge is 2.35. The van der Waals surface area contributed by atoms with E-state index in [-0.39, 0.29) is 0 Å². The van der Waals surface area contributed by atoms with Crippen LogP contribution in [0.5, 0.6) is 5.75 Å². The Balaban J connectivity index is 0.00000172. The van der Waals surface area contributed by atoms with Crippen molar-refractivity contribution >= 4 is 17.1 Å². The van der Waals surface area contributed by atoms with Gasteiger partial charge in [-0.25, -0.2) is 4.98 Å². The molecule has 5 rings (SSSR count). The zero-order valence-electron chi connectivity index (χ0n) is 23.5. The molecule has 39 heavy (non-hydrogen) atoms. The van der Waals surface area contributed by atoms with E-state index in [2.05, 4.69) is 29.9 Å². The summed E-state index contributed by atoms with van der Waals surface area (Å²) in [6.45, 7) is 12.4. The SMILES string of the molecule is C/C(=C\N=CC(C)C)C1(O)c2ccc(C)c(c2)COc2cccc(c2)-c2cc(C#N)nc3ccc1cc23.CC. The summed E-state index contributed by atoms with van der Waals surface area (Å²) in [6.07, 6.45) is 3.60. The number of ether oxygens (including phenoxy) is 1. The van der Waals surface area contributed by atoms with Gasteiger partial charge in [0.15, 0.2) is 0 Å². The van der Waals surface area contributed by atoms with Crippen molar-refractivity contribution in [2.24, 2.45) is 10.9 Å². The number of aliphatic hydroxyl groups is 1. The molecule has 1 aliphatic heterocycles. The molecule has 0 saturated carbocycles. The number of nitriles is 1. The van der Waals surface area contributed by atoms with Gasteiger partial charge in [-0.15, -0.1) is 0 Å². The van der Waals surface area contributed by atoms with Crippen LogP contribution in [0.3, 0.4) is 0 Å². The monoisotopic (exact) mass is 517 g/mol. The molecular formula is C34H35N3O2. The number of benzene rings is 3. The van der Waals surface area contributed by atoms with Crippen LogP contribution in [0.1, 0.15) is 62.6 Å². The average molecular weight is 518 g/mol. The Labute approximate surface area is 231 Å². The second kappa shape index (κ2) is 11.6. The molecule has 5 heteroatoms. The van der Waals surface area contributed by atoms with Crippen LogP contribution in [-0.4, -0.2) is 16.3 Å². The summed E-state index contributed by atoms with van der Waals surface area (Å²) in [5, 5.41) is 23.0. The van der Waals surface area contributed by atoms with E-state index in [1.54, 1.807) is 12.3 Å². The van der Waals surface area contributed by atoms with E-state index in [0.29, 0.717) is 34.9 Å². The van der Waals surface area contributed by atoms with Gasteiger partial charge >= 0.3 is 0 Å². The minimum atomic E-state index is -1.44. The zero-order valence-corrected chi connectivity index (χ0v) is 23.5. The normalized spacial score (nSPS) is 16.5. The summed E-state index contributed by atoms with van der Waals surface area (Å²) in [5.41, 5.74) is 5.56. The topological polar surface area (TPSA) is 78.5 Å². The van der Waals surface area contributed by atoms with Crippen molar-refractivity contribution in [3.05, 3.63) is 106 Å². The molecule has 0 aliphatic carbocycles. The van der Waals surface area contributed by atoms with E-state index in [9.17, 15) is 10.4 Å². The molecule has 1 aromatic heterocycles. The molecule has 1 atom stereocenters. The lowest BCUT2D eigenvalue weighted by molar-refractivity contribution is 0.120. The maximum Gasteiger partial charge on any atom is 0.141 e. The largest absolute Gasteiger partial charge is 0.489 e. The quantitative estimate of drug-likeness (QED) is 0.281. The highest BCUT2D eigenvalue weighted by molar-refractivity contribution is 5.96. The maximum absolute atomic E-state index is 12.5. The van der Waals surface area contributed by atoms with Crippen LogP contribution >= 0.6 is 0 Å². The van der Waals surface area contributed by atoms with Gasteiger partial charge in [-0.2, -0.15) is 5.26 Å². The molecule has 0 amide bonds. The molecule has 0 saturated heterocycles. The molecule has 2 heterocycles. The molecule has 198 valence electrons. The molecule has 4 aromatic rings. The van der Waals surface area contributed by atoms with Gasteiger partial charge in [0.2, 0.25) is 0 Å². The lowest BCUT2D eigenvalue weighted by Gasteiger charge is -2.31. The minimum absolute atomic E-state index is 0.292. The molecule has 1 aliphatic rings. The third-order valence-corrected chi connectivity index (χ3v) is 6.87. The van der Waals surface area contributed by atoms with Gasteiger partial charge in [0.25, 0.3) is 0 Å². The Morgan fingerprint density at radius 2 is 1.82 bits per heavy atom. The summed E-state index contributed by atoms with van der Waals surface area (Å²) in [5.74, 6) is 1.02. The summed E-state index contributed by atoms with van der Waals surface area (Å²) >= 11 is 0. The maximum atomic E-state index is 12.5. The average Bonchev–Trinajstić information content (AvgIpc) is 2.96. The highest BCUT2D eigenvalue weighted by atomic mass is 16.5. The number of aryl methyl sites for hydroxylation is 1. The fourth-order valence-corrected chi connectivity index (χ4v) is 4.76. The van der Waals surface area contributed by atoms with Crippen molar-refractivity contribution in [2.75, 3.05) is 0 Å². The Hall–Kier alpha value is -4.27. The summed E-state index contributed by atoms with van der Waals surface area (Å²) < 4.78 is 6.21. The molecule has 0 fully saturated rings. The first-order valence-electron chi connectivity index (χ1n) is 13.4. The van der Waals surface area contributed by atoms with Gasteiger partial charge in [-0.05, 0) is 95.1 Å². The fourth-order valence-electron chi connectivity index (χ4n) is 4.76. The second-order valence-corrected chi connectivity index (χ2v) is 9.92. The summed E-state index contributed by atoms with van der Waals surface area (Å²) in [4.78, 5) is 9.03. The molecule has 0 radical (unpaired) electrons. The van der Waals surface area contributed by atoms with Crippen molar-refractivity contribution in [3.63, 3.8) is 0 Å². The van der Waals surface area contributed by atoms with E-state index in [0.717, 1.165) is 39.0 Å². The summed E-state index contributed by atoms with van der Waals surface area (Å²) in [7, 11) is 0. The molecule has 6 bridgehead atoms. The molecule has 1 unspecified atom stereocenters. The molecule has 1 N–H and O–H groups in total. The number of rotatable bonds is 3. The summed E-state index contributed by atoms with van der Waals surface area (Å²) in [6, 6.07) is 23.6. The Morgan fingerprint density at radius 1 is 1.08 bits per heavy atom. The van der Waals surface area contributed by atoms with Gasteiger partial charge in [0.05, 0.1) is 5.52 Å². The van der Waals surface area contributed by atoms with E-state index in [1.165, 1.54) is 0 Å². The minimum Gasteiger partial charge on any atom is -0.489 e. The van der Waals surface area contributed by atoms with E-state index in [1.807, 2.05) is 94.6 Å². The lowest BCUT2D eigenvalue weighted by atomic mass is 9.79. The standard InChI is InChI=1S/C32H29N3O2.C2H6/c1-20(2)17-34-18-22(4)32(36)25-9-8-21(3)24(12-25)19-37-28-7-5-6-23(13-28)29-15-27(16-33)35-31-11-10-26(32)14-30(29)31;1-2/h5-15,17-18,20,36H,19H2,1-4H3;1-2H3/b22-18+,34-17?;. The fraction of sp³-hybridized carbons (Fsp3) is 0.265. The Kier molecular flexibility index (Phi) is 8.28. The van der Waals surface area contributed by atoms with Gasteiger partial charge in [-0.1, -0.05) is 58.0 Å². The van der Waals surface area contributed by atoms with Crippen LogP contribution in [0.2, 0.25) is 0 Å². The number of fused-ring (bicyclic) bond motifs is 6. The van der Waals surface area contributed by atoms with Gasteiger partial charge in [-0.3, -0.25) is 4.99 Å². The van der Waals surface area contributed by atoms with Gasteiger partial charge < -0.3 is 9.84 Å². The first-order chi connectivity index (χ1) is 18.8. The van der Waals surface area contributed by atoms with Crippen molar-refractivity contribution in [3.8, 4) is 22.9 Å². The smallest absolute Gasteiger partial charge is 0.141 e. The van der Waals surface area contributed by atoms with Crippen molar-refractivity contribution in [2.45, 2.75) is 53.8 Å². The zero-order chi connectivity index (χ0) is 28.2. The van der Waals surface area contributed by atoms with Crippen molar-refractivity contribution < 1.29 is 9.84 Å². The van der Waals surface area contributed by atoms with Crippen LogP contribution in [0.15, 0.2) is 83.5 Å². The number of hydrogen-bond acceptors (Lipinski definition) is 5. The first kappa shape index (κ1) is 27.8. The third kappa shape index (κ3) is 5.48. The van der Waals surface area contributed by atoms with E-state index < -0.39 is 5.60 Å².